The molecule has 0 spiro atoms. The predicted molar refractivity (Wildman–Crippen MR) is 52.5 cm³/mol. The van der Waals surface area contributed by atoms with Crippen molar-refractivity contribution in [3.05, 3.63) is 35.4 Å². The zero-order valence-electron chi connectivity index (χ0n) is 7.26. The Morgan fingerprint density at radius 3 is 2.69 bits per heavy atom. The highest BCUT2D eigenvalue weighted by molar-refractivity contribution is 6.24. The number of halogens is 1. The first-order valence-corrected chi connectivity index (χ1v) is 4.82. The van der Waals surface area contributed by atoms with E-state index in [0.717, 1.165) is 18.4 Å². The van der Waals surface area contributed by atoms with Crippen molar-refractivity contribution in [1.82, 2.24) is 0 Å². The Hall–Kier alpha value is -1.00. The minimum atomic E-state index is -0.174. The summed E-state index contributed by atoms with van der Waals surface area (Å²) in [5.41, 5.74) is 1.80. The van der Waals surface area contributed by atoms with Gasteiger partial charge in [0.2, 0.25) is 0 Å². The van der Waals surface area contributed by atoms with Crippen LogP contribution in [0.25, 0.3) is 0 Å². The van der Waals surface area contributed by atoms with Gasteiger partial charge in [-0.15, -0.1) is 11.6 Å². The molecule has 0 radical (unpaired) electrons. The zero-order chi connectivity index (χ0) is 9.31. The fourth-order valence-electron chi connectivity index (χ4n) is 1.64. The van der Waals surface area contributed by atoms with E-state index in [-0.39, 0.29) is 4.87 Å². The Bertz CT molecular complexity index is 361. The summed E-state index contributed by atoms with van der Waals surface area (Å²) >= 11 is 6.35. The Morgan fingerprint density at radius 1 is 1.38 bits per heavy atom. The molecule has 0 N–H and O–H groups in total. The fourth-order valence-corrected chi connectivity index (χ4v) is 2.03. The van der Waals surface area contributed by atoms with Crippen LogP contribution >= 0.6 is 11.6 Å². The minimum Gasteiger partial charge on any atom is -0.192 e. The van der Waals surface area contributed by atoms with E-state index in [4.69, 9.17) is 16.9 Å². The lowest BCUT2D eigenvalue weighted by Crippen LogP contribution is -2.27. The molecule has 66 valence electrons. The molecule has 1 nitrogen and oxygen atoms in total. The van der Waals surface area contributed by atoms with E-state index >= 15 is 0 Å². The molecule has 1 aromatic rings. The van der Waals surface area contributed by atoms with E-state index in [1.54, 1.807) is 0 Å². The van der Waals surface area contributed by atoms with Gasteiger partial charge in [0.1, 0.15) is 0 Å². The quantitative estimate of drug-likeness (QED) is 0.626. The Kier molecular flexibility index (Phi) is 2.01. The highest BCUT2D eigenvalue weighted by Crippen LogP contribution is 2.47. The van der Waals surface area contributed by atoms with Crippen LogP contribution in [0.1, 0.15) is 30.4 Å². The minimum absolute atomic E-state index is 0.174. The summed E-state index contributed by atoms with van der Waals surface area (Å²) in [5.74, 6) is 0. The van der Waals surface area contributed by atoms with Gasteiger partial charge >= 0.3 is 0 Å². The maximum absolute atomic E-state index is 8.73. The van der Waals surface area contributed by atoms with E-state index in [2.05, 4.69) is 6.07 Å². The third kappa shape index (κ3) is 1.43. The number of nitrogens with zero attached hydrogens (tertiary/aromatic N) is 1. The third-order valence-corrected chi connectivity index (χ3v) is 3.25. The van der Waals surface area contributed by atoms with E-state index in [1.807, 2.05) is 24.3 Å². The number of alkyl halides is 1. The average Bonchev–Trinajstić information content (AvgIpc) is 2.14. The molecule has 0 aliphatic heterocycles. The third-order valence-electron chi connectivity index (χ3n) is 2.66. The molecule has 0 saturated heterocycles. The second kappa shape index (κ2) is 3.05. The van der Waals surface area contributed by atoms with Crippen molar-refractivity contribution in [2.75, 3.05) is 0 Å². The second-order valence-electron chi connectivity index (χ2n) is 3.51. The Labute approximate surface area is 82.9 Å². The average molecular weight is 192 g/mol. The molecular formula is C11H10ClN. The largest absolute Gasteiger partial charge is 0.192 e. The van der Waals surface area contributed by atoms with Crippen molar-refractivity contribution in [2.45, 2.75) is 24.1 Å². The molecule has 1 saturated carbocycles. The van der Waals surface area contributed by atoms with Crippen LogP contribution in [0.5, 0.6) is 0 Å². The molecule has 0 atom stereocenters. The molecule has 0 heterocycles. The van der Waals surface area contributed by atoms with Crippen molar-refractivity contribution in [3.63, 3.8) is 0 Å². The van der Waals surface area contributed by atoms with Crippen molar-refractivity contribution in [3.8, 4) is 6.07 Å². The van der Waals surface area contributed by atoms with Gasteiger partial charge < -0.3 is 0 Å². The van der Waals surface area contributed by atoms with Crippen molar-refractivity contribution in [2.24, 2.45) is 0 Å². The van der Waals surface area contributed by atoms with Crippen LogP contribution in [-0.4, -0.2) is 0 Å². The van der Waals surface area contributed by atoms with Crippen molar-refractivity contribution in [1.29, 1.82) is 5.26 Å². The van der Waals surface area contributed by atoms with Gasteiger partial charge in [-0.2, -0.15) is 5.26 Å². The van der Waals surface area contributed by atoms with E-state index in [0.29, 0.717) is 5.56 Å². The standard InChI is InChI=1S/C11H10ClN/c12-11(5-2-6-11)10-4-1-3-9(7-10)8-13/h1,3-4,7H,2,5-6H2. The molecule has 0 unspecified atom stereocenters. The lowest BCUT2D eigenvalue weighted by atomic mass is 9.78. The molecule has 2 heteroatoms. The summed E-state index contributed by atoms with van der Waals surface area (Å²) in [6.45, 7) is 0. The topological polar surface area (TPSA) is 23.8 Å². The first-order valence-electron chi connectivity index (χ1n) is 4.44. The second-order valence-corrected chi connectivity index (χ2v) is 4.23. The molecular weight excluding hydrogens is 182 g/mol. The van der Waals surface area contributed by atoms with Gasteiger partial charge in [-0.25, -0.2) is 0 Å². The molecule has 2 rings (SSSR count). The van der Waals surface area contributed by atoms with Gasteiger partial charge in [0.05, 0.1) is 16.5 Å². The molecule has 1 fully saturated rings. The number of hydrogen-bond donors (Lipinski definition) is 0. The maximum Gasteiger partial charge on any atom is 0.0991 e. The summed E-state index contributed by atoms with van der Waals surface area (Å²) < 4.78 is 0. The molecule has 1 aliphatic carbocycles. The normalized spacial score (nSPS) is 18.8. The van der Waals surface area contributed by atoms with E-state index in [9.17, 15) is 0 Å². The van der Waals surface area contributed by atoms with Gasteiger partial charge in [-0.05, 0) is 37.0 Å². The monoisotopic (exact) mass is 191 g/mol. The number of nitriles is 1. The van der Waals surface area contributed by atoms with Crippen LogP contribution in [0, 0.1) is 11.3 Å². The predicted octanol–water partition coefficient (Wildman–Crippen LogP) is 3.18. The van der Waals surface area contributed by atoms with E-state index < -0.39 is 0 Å². The van der Waals surface area contributed by atoms with Gasteiger partial charge in [0.15, 0.2) is 0 Å². The molecule has 1 aliphatic rings. The molecule has 0 aromatic heterocycles. The van der Waals surface area contributed by atoms with Crippen LogP contribution in [0.15, 0.2) is 24.3 Å². The zero-order valence-corrected chi connectivity index (χ0v) is 8.01. The highest BCUT2D eigenvalue weighted by atomic mass is 35.5. The Balaban J connectivity index is 2.36. The first-order chi connectivity index (χ1) is 6.24. The van der Waals surface area contributed by atoms with Crippen LogP contribution in [0.4, 0.5) is 0 Å². The van der Waals surface area contributed by atoms with Crippen LogP contribution in [-0.2, 0) is 4.87 Å². The molecule has 0 amide bonds. The Morgan fingerprint density at radius 2 is 2.15 bits per heavy atom. The van der Waals surface area contributed by atoms with Crippen LogP contribution < -0.4 is 0 Å². The van der Waals surface area contributed by atoms with Crippen LogP contribution in [0.2, 0.25) is 0 Å². The molecule has 0 bridgehead atoms. The summed E-state index contributed by atoms with van der Waals surface area (Å²) in [4.78, 5) is -0.174. The fraction of sp³-hybridized carbons (Fsp3) is 0.364. The number of hydrogen-bond acceptors (Lipinski definition) is 1. The number of rotatable bonds is 1. The summed E-state index contributed by atoms with van der Waals surface area (Å²) in [5, 5.41) is 8.73. The lowest BCUT2D eigenvalue weighted by molar-refractivity contribution is 0.363. The SMILES string of the molecule is N#Cc1cccc(C2(Cl)CCC2)c1. The summed E-state index contributed by atoms with van der Waals surface area (Å²) in [6, 6.07) is 9.74. The van der Waals surface area contributed by atoms with Gasteiger partial charge in [0.25, 0.3) is 0 Å². The highest BCUT2D eigenvalue weighted by Gasteiger charge is 2.36. The van der Waals surface area contributed by atoms with Gasteiger partial charge in [-0.3, -0.25) is 0 Å². The van der Waals surface area contributed by atoms with Crippen LogP contribution in [0.3, 0.4) is 0 Å². The van der Waals surface area contributed by atoms with E-state index in [1.165, 1.54) is 6.42 Å². The summed E-state index contributed by atoms with van der Waals surface area (Å²) in [7, 11) is 0. The summed E-state index contributed by atoms with van der Waals surface area (Å²) in [6.07, 6.45) is 3.26. The lowest BCUT2D eigenvalue weighted by Gasteiger charge is -2.36. The number of benzene rings is 1. The first kappa shape index (κ1) is 8.59. The molecule has 1 aromatic carbocycles. The molecule has 13 heavy (non-hydrogen) atoms. The van der Waals surface area contributed by atoms with Crippen molar-refractivity contribution < 1.29 is 0 Å². The smallest absolute Gasteiger partial charge is 0.0991 e. The van der Waals surface area contributed by atoms with Crippen molar-refractivity contribution >= 4 is 11.6 Å². The van der Waals surface area contributed by atoms with Gasteiger partial charge in [0, 0.05) is 0 Å². The maximum atomic E-state index is 8.73. The van der Waals surface area contributed by atoms with Gasteiger partial charge in [-0.1, -0.05) is 12.1 Å².